The number of nitrogens with two attached hydrogens (primary N) is 1. The van der Waals surface area contributed by atoms with Gasteiger partial charge in [-0.15, -0.1) is 0 Å². The number of benzene rings is 1. The fourth-order valence-electron chi connectivity index (χ4n) is 2.10. The molecular weight excluding hydrogens is 270 g/mol. The number of nitrogen functional groups attached to an aromatic ring is 1. The predicted molar refractivity (Wildman–Crippen MR) is 77.8 cm³/mol. The molecule has 2 heterocycles. The van der Waals surface area contributed by atoms with E-state index in [0.29, 0.717) is 36.1 Å². The van der Waals surface area contributed by atoms with Crippen LogP contribution in [0.1, 0.15) is 22.2 Å². The number of carbonyl (C=O) groups excluding carboxylic acids is 1. The van der Waals surface area contributed by atoms with E-state index in [0.717, 1.165) is 10.9 Å². The number of fused-ring (bicyclic) bond motifs is 1. The molecule has 108 valence electrons. The number of aryl methyl sites for hydroxylation is 1. The van der Waals surface area contributed by atoms with Crippen LogP contribution in [0.4, 0.5) is 5.69 Å². The number of H-pyrrole nitrogens is 1. The summed E-state index contributed by atoms with van der Waals surface area (Å²) in [6.07, 6.45) is 0.524. The van der Waals surface area contributed by atoms with E-state index in [2.05, 4.69) is 20.4 Å². The monoisotopic (exact) mass is 285 g/mol. The van der Waals surface area contributed by atoms with Crippen molar-refractivity contribution in [1.82, 2.24) is 20.4 Å². The molecule has 0 aliphatic heterocycles. The van der Waals surface area contributed by atoms with Crippen LogP contribution in [0.5, 0.6) is 0 Å². The molecule has 0 fully saturated rings. The highest BCUT2D eigenvalue weighted by molar-refractivity contribution is 5.98. The van der Waals surface area contributed by atoms with Crippen molar-refractivity contribution in [2.45, 2.75) is 13.3 Å². The number of hydrogen-bond donors (Lipinski definition) is 3. The lowest BCUT2D eigenvalue weighted by molar-refractivity contribution is 0.0949. The van der Waals surface area contributed by atoms with Crippen LogP contribution in [0, 0.1) is 6.92 Å². The Morgan fingerprint density at radius 2 is 2.29 bits per heavy atom. The summed E-state index contributed by atoms with van der Waals surface area (Å²) >= 11 is 0. The Labute approximate surface area is 120 Å². The van der Waals surface area contributed by atoms with Crippen LogP contribution in [0.3, 0.4) is 0 Å². The quantitative estimate of drug-likeness (QED) is 0.628. The zero-order valence-electron chi connectivity index (χ0n) is 11.5. The van der Waals surface area contributed by atoms with Crippen molar-refractivity contribution in [2.24, 2.45) is 0 Å². The maximum absolute atomic E-state index is 12.1. The minimum absolute atomic E-state index is 0.176. The van der Waals surface area contributed by atoms with Crippen molar-refractivity contribution < 1.29 is 9.32 Å². The lowest BCUT2D eigenvalue weighted by atomic mass is 10.2. The second-order valence-electron chi connectivity index (χ2n) is 4.77. The van der Waals surface area contributed by atoms with E-state index in [4.69, 9.17) is 10.3 Å². The molecule has 0 aliphatic rings. The second kappa shape index (κ2) is 5.28. The van der Waals surface area contributed by atoms with Gasteiger partial charge in [0.1, 0.15) is 5.69 Å². The number of nitrogens with zero attached hydrogens (tertiary/aromatic N) is 2. The number of amides is 1. The van der Waals surface area contributed by atoms with Crippen LogP contribution in [0.15, 0.2) is 28.8 Å². The normalized spacial score (nSPS) is 10.9. The predicted octanol–water partition coefficient (Wildman–Crippen LogP) is 1.41. The molecule has 0 spiro atoms. The Hall–Kier alpha value is -2.83. The average Bonchev–Trinajstić information content (AvgIpc) is 3.04. The summed E-state index contributed by atoms with van der Waals surface area (Å²) in [6, 6.07) is 7.24. The van der Waals surface area contributed by atoms with E-state index >= 15 is 0 Å². The van der Waals surface area contributed by atoms with Crippen molar-refractivity contribution in [3.05, 3.63) is 41.7 Å². The number of aromatic nitrogens is 3. The van der Waals surface area contributed by atoms with Gasteiger partial charge in [-0.3, -0.25) is 4.79 Å². The first-order valence-corrected chi connectivity index (χ1v) is 6.57. The molecular formula is C14H15N5O2. The lowest BCUT2D eigenvalue weighted by Gasteiger charge is -2.00. The maximum atomic E-state index is 12.1. The Kier molecular flexibility index (Phi) is 3.31. The first-order chi connectivity index (χ1) is 10.1. The number of aromatic amines is 1. The van der Waals surface area contributed by atoms with E-state index in [1.54, 1.807) is 19.1 Å². The van der Waals surface area contributed by atoms with Gasteiger partial charge in [0.25, 0.3) is 5.91 Å². The summed E-state index contributed by atoms with van der Waals surface area (Å²) < 4.78 is 4.87. The zero-order chi connectivity index (χ0) is 14.8. The fraction of sp³-hybridized carbons (Fsp3) is 0.214. The van der Waals surface area contributed by atoms with E-state index in [1.807, 2.05) is 12.1 Å². The van der Waals surface area contributed by atoms with E-state index < -0.39 is 0 Å². The minimum Gasteiger partial charge on any atom is -0.399 e. The van der Waals surface area contributed by atoms with Crippen LogP contribution >= 0.6 is 0 Å². The molecule has 0 saturated carbocycles. The smallest absolute Gasteiger partial charge is 0.267 e. The number of nitrogens with one attached hydrogen (secondary N) is 2. The third kappa shape index (κ3) is 2.86. The Morgan fingerprint density at radius 3 is 3.05 bits per heavy atom. The summed E-state index contributed by atoms with van der Waals surface area (Å²) in [5.74, 6) is 0.923. The second-order valence-corrected chi connectivity index (χ2v) is 4.77. The van der Waals surface area contributed by atoms with Crippen LogP contribution in [-0.2, 0) is 6.42 Å². The maximum Gasteiger partial charge on any atom is 0.267 e. The number of hydrogen-bond acceptors (Lipinski definition) is 5. The zero-order valence-corrected chi connectivity index (χ0v) is 11.5. The van der Waals surface area contributed by atoms with Crippen molar-refractivity contribution in [2.75, 3.05) is 12.3 Å². The highest BCUT2D eigenvalue weighted by Gasteiger charge is 2.10. The molecule has 0 bridgehead atoms. The molecule has 7 heteroatoms. The third-order valence-electron chi connectivity index (χ3n) is 3.09. The molecule has 4 N–H and O–H groups in total. The highest BCUT2D eigenvalue weighted by atomic mass is 16.5. The molecule has 1 aromatic carbocycles. The minimum atomic E-state index is -0.176. The van der Waals surface area contributed by atoms with Gasteiger partial charge in [-0.25, -0.2) is 0 Å². The fourth-order valence-corrected chi connectivity index (χ4v) is 2.10. The lowest BCUT2D eigenvalue weighted by Crippen LogP contribution is -2.26. The molecule has 0 atom stereocenters. The first-order valence-electron chi connectivity index (χ1n) is 6.57. The highest BCUT2D eigenvalue weighted by Crippen LogP contribution is 2.18. The molecule has 3 rings (SSSR count). The Morgan fingerprint density at radius 1 is 1.43 bits per heavy atom. The Balaban J connectivity index is 1.63. The standard InChI is InChI=1S/C14H15N5O2/c1-8-17-13(19-21-8)4-5-16-14(20)12-7-9-6-10(15)2-3-11(9)18-12/h2-3,6-7,18H,4-5,15H2,1H3,(H,16,20). The van der Waals surface area contributed by atoms with Crippen LogP contribution in [0.2, 0.25) is 0 Å². The summed E-state index contributed by atoms with van der Waals surface area (Å²) in [7, 11) is 0. The van der Waals surface area contributed by atoms with Gasteiger partial charge < -0.3 is 20.6 Å². The third-order valence-corrected chi connectivity index (χ3v) is 3.09. The van der Waals surface area contributed by atoms with Crippen molar-refractivity contribution in [3.8, 4) is 0 Å². The molecule has 0 aliphatic carbocycles. The van der Waals surface area contributed by atoms with Gasteiger partial charge in [-0.1, -0.05) is 5.16 Å². The molecule has 0 saturated heterocycles. The number of carbonyl (C=O) groups is 1. The van der Waals surface area contributed by atoms with Gasteiger partial charge in [0.2, 0.25) is 5.89 Å². The number of anilines is 1. The molecule has 0 radical (unpaired) electrons. The van der Waals surface area contributed by atoms with Gasteiger partial charge in [0, 0.05) is 36.5 Å². The summed E-state index contributed by atoms with van der Waals surface area (Å²) in [4.78, 5) is 19.2. The van der Waals surface area contributed by atoms with Crippen LogP contribution in [0.25, 0.3) is 10.9 Å². The van der Waals surface area contributed by atoms with Crippen LogP contribution in [-0.4, -0.2) is 27.6 Å². The molecule has 3 aromatic rings. The SMILES string of the molecule is Cc1nc(CCNC(=O)c2cc3cc(N)ccc3[nH]2)no1. The summed E-state index contributed by atoms with van der Waals surface area (Å²) in [5, 5.41) is 7.49. The molecule has 2 aromatic heterocycles. The molecule has 1 amide bonds. The summed E-state index contributed by atoms with van der Waals surface area (Å²) in [6.45, 7) is 2.17. The van der Waals surface area contributed by atoms with Gasteiger partial charge >= 0.3 is 0 Å². The van der Waals surface area contributed by atoms with E-state index in [1.165, 1.54) is 0 Å². The Bertz CT molecular complexity index is 790. The van der Waals surface area contributed by atoms with Crippen molar-refractivity contribution in [3.63, 3.8) is 0 Å². The van der Waals surface area contributed by atoms with E-state index in [9.17, 15) is 4.79 Å². The van der Waals surface area contributed by atoms with E-state index in [-0.39, 0.29) is 5.91 Å². The number of rotatable bonds is 4. The average molecular weight is 285 g/mol. The van der Waals surface area contributed by atoms with Gasteiger partial charge in [0.05, 0.1) is 0 Å². The summed E-state index contributed by atoms with van der Waals surface area (Å²) in [5.41, 5.74) is 7.76. The van der Waals surface area contributed by atoms with Gasteiger partial charge in [-0.05, 0) is 24.3 Å². The van der Waals surface area contributed by atoms with Crippen molar-refractivity contribution >= 4 is 22.5 Å². The first kappa shape index (κ1) is 13.2. The molecule has 21 heavy (non-hydrogen) atoms. The van der Waals surface area contributed by atoms with Gasteiger partial charge in [0.15, 0.2) is 5.82 Å². The van der Waals surface area contributed by atoms with Crippen LogP contribution < -0.4 is 11.1 Å². The largest absolute Gasteiger partial charge is 0.399 e. The molecule has 7 nitrogen and oxygen atoms in total. The topological polar surface area (TPSA) is 110 Å². The van der Waals surface area contributed by atoms with Gasteiger partial charge in [-0.2, -0.15) is 4.98 Å². The van der Waals surface area contributed by atoms with Crippen molar-refractivity contribution in [1.29, 1.82) is 0 Å². The molecule has 0 unspecified atom stereocenters.